The van der Waals surface area contributed by atoms with E-state index >= 15 is 0 Å². The zero-order valence-corrected chi connectivity index (χ0v) is 11.2. The van der Waals surface area contributed by atoms with Gasteiger partial charge in [-0.1, -0.05) is 6.08 Å². The first-order chi connectivity index (χ1) is 10.4. The van der Waals surface area contributed by atoms with Crippen LogP contribution in [0.3, 0.4) is 0 Å². The lowest BCUT2D eigenvalue weighted by molar-refractivity contribution is -0.255. The summed E-state index contributed by atoms with van der Waals surface area (Å²) >= 11 is 0. The first-order valence-electron chi connectivity index (χ1n) is 6.53. The number of fused-ring (bicyclic) bond motifs is 1. The Bertz CT molecular complexity index is 761. The number of aromatic carboxylic acids is 1. The van der Waals surface area contributed by atoms with Crippen molar-refractivity contribution in [2.45, 2.75) is 19.1 Å². The normalized spacial score (nSPS) is 14.0. The number of aromatic nitrogens is 2. The minimum Gasteiger partial charge on any atom is -0.545 e. The minimum absolute atomic E-state index is 0.0115. The fourth-order valence-corrected chi connectivity index (χ4v) is 2.73. The van der Waals surface area contributed by atoms with Crippen LogP contribution in [0.4, 0.5) is 13.2 Å². The van der Waals surface area contributed by atoms with Crippen LogP contribution in [-0.4, -0.2) is 15.5 Å². The molecule has 0 radical (unpaired) electrons. The van der Waals surface area contributed by atoms with Gasteiger partial charge in [0.25, 0.3) is 0 Å². The number of carboxylic acids is 1. The van der Waals surface area contributed by atoms with Gasteiger partial charge in [0.2, 0.25) is 0 Å². The predicted molar refractivity (Wildman–Crippen MR) is 70.6 cm³/mol. The predicted octanol–water partition coefficient (Wildman–Crippen LogP) is 2.35. The van der Waals surface area contributed by atoms with Crippen molar-refractivity contribution in [1.29, 1.82) is 0 Å². The van der Waals surface area contributed by atoms with E-state index in [2.05, 4.69) is 4.98 Å². The highest BCUT2D eigenvalue weighted by atomic mass is 19.4. The fraction of sp³-hybridized carbons (Fsp3) is 0.200. The molecule has 1 aliphatic heterocycles. The van der Waals surface area contributed by atoms with Gasteiger partial charge in [0, 0.05) is 30.1 Å². The van der Waals surface area contributed by atoms with E-state index in [0.717, 1.165) is 0 Å². The maximum absolute atomic E-state index is 13.5. The molecule has 3 rings (SSSR count). The SMILES string of the molecule is O=C([O-])c1c(C(F)(F)F)c(-c2cccnc2)n2c1C=CCC2. The van der Waals surface area contributed by atoms with Crippen molar-refractivity contribution in [3.05, 3.63) is 47.4 Å². The summed E-state index contributed by atoms with van der Waals surface area (Å²) < 4.78 is 41.8. The summed E-state index contributed by atoms with van der Waals surface area (Å²) in [5.74, 6) is -1.84. The van der Waals surface area contributed by atoms with Gasteiger partial charge in [0.15, 0.2) is 0 Å². The first kappa shape index (κ1) is 14.4. The number of carbonyl (C=O) groups is 1. The number of carbonyl (C=O) groups excluding carboxylic acids is 1. The molecule has 0 saturated carbocycles. The number of hydrogen-bond acceptors (Lipinski definition) is 3. The summed E-state index contributed by atoms with van der Waals surface area (Å²) in [7, 11) is 0. The average Bonchev–Trinajstić information content (AvgIpc) is 2.83. The van der Waals surface area contributed by atoms with E-state index in [-0.39, 0.29) is 23.5 Å². The Balaban J connectivity index is 2.42. The summed E-state index contributed by atoms with van der Waals surface area (Å²) in [6.07, 6.45) is 1.49. The van der Waals surface area contributed by atoms with E-state index in [4.69, 9.17) is 0 Å². The molecule has 0 atom stereocenters. The molecule has 3 heterocycles. The molecule has 0 spiro atoms. The number of carboxylic acid groups (broad SMARTS) is 1. The van der Waals surface area contributed by atoms with Crippen molar-refractivity contribution < 1.29 is 23.1 Å². The van der Waals surface area contributed by atoms with Crippen LogP contribution in [0, 0.1) is 0 Å². The van der Waals surface area contributed by atoms with Crippen molar-refractivity contribution >= 4 is 12.0 Å². The molecule has 0 N–H and O–H groups in total. The lowest BCUT2D eigenvalue weighted by atomic mass is 10.0. The largest absolute Gasteiger partial charge is 0.545 e. The summed E-state index contributed by atoms with van der Waals surface area (Å²) in [5, 5.41) is 11.3. The monoisotopic (exact) mass is 307 g/mol. The zero-order chi connectivity index (χ0) is 15.9. The summed E-state index contributed by atoms with van der Waals surface area (Å²) in [6.45, 7) is 0.270. The third-order valence-electron chi connectivity index (χ3n) is 3.52. The molecular weight excluding hydrogens is 297 g/mol. The van der Waals surface area contributed by atoms with Gasteiger partial charge in [0.05, 0.1) is 22.9 Å². The van der Waals surface area contributed by atoms with Crippen LogP contribution in [0.5, 0.6) is 0 Å². The Morgan fingerprint density at radius 1 is 1.36 bits per heavy atom. The Kier molecular flexibility index (Phi) is 3.27. The van der Waals surface area contributed by atoms with Gasteiger partial charge in [-0.05, 0) is 24.6 Å². The lowest BCUT2D eigenvalue weighted by Gasteiger charge is -2.15. The topological polar surface area (TPSA) is 57.9 Å². The van der Waals surface area contributed by atoms with Gasteiger partial charge in [-0.2, -0.15) is 13.2 Å². The number of nitrogens with zero attached hydrogens (tertiary/aromatic N) is 2. The van der Waals surface area contributed by atoms with Crippen molar-refractivity contribution in [2.24, 2.45) is 0 Å². The molecule has 7 heteroatoms. The maximum Gasteiger partial charge on any atom is 0.419 e. The fourth-order valence-electron chi connectivity index (χ4n) is 2.73. The highest BCUT2D eigenvalue weighted by molar-refractivity contribution is 5.95. The van der Waals surface area contributed by atoms with E-state index in [1.54, 1.807) is 6.08 Å². The van der Waals surface area contributed by atoms with Crippen LogP contribution in [0.25, 0.3) is 17.3 Å². The zero-order valence-electron chi connectivity index (χ0n) is 11.2. The lowest BCUT2D eigenvalue weighted by Crippen LogP contribution is -2.26. The molecule has 0 bridgehead atoms. The number of allylic oxidation sites excluding steroid dienone is 1. The molecule has 0 saturated heterocycles. The van der Waals surface area contributed by atoms with Crippen molar-refractivity contribution in [3.63, 3.8) is 0 Å². The smallest absolute Gasteiger partial charge is 0.419 e. The molecular formula is C15H10F3N2O2-. The molecule has 0 amide bonds. The summed E-state index contributed by atoms with van der Waals surface area (Å²) in [5.41, 5.74) is -1.94. The molecule has 114 valence electrons. The highest BCUT2D eigenvalue weighted by Crippen LogP contribution is 2.43. The second-order valence-electron chi connectivity index (χ2n) is 4.85. The first-order valence-corrected chi connectivity index (χ1v) is 6.53. The molecule has 22 heavy (non-hydrogen) atoms. The number of rotatable bonds is 2. The van der Waals surface area contributed by atoms with E-state index in [1.165, 1.54) is 35.2 Å². The van der Waals surface area contributed by atoms with Gasteiger partial charge in [-0.15, -0.1) is 0 Å². The summed E-state index contributed by atoms with van der Waals surface area (Å²) in [6, 6.07) is 2.98. The second-order valence-corrected chi connectivity index (χ2v) is 4.85. The number of alkyl halides is 3. The van der Waals surface area contributed by atoms with E-state index < -0.39 is 23.3 Å². The molecule has 2 aromatic heterocycles. The van der Waals surface area contributed by atoms with E-state index in [0.29, 0.717) is 6.42 Å². The highest BCUT2D eigenvalue weighted by Gasteiger charge is 2.41. The van der Waals surface area contributed by atoms with Crippen LogP contribution in [-0.2, 0) is 12.7 Å². The van der Waals surface area contributed by atoms with Crippen molar-refractivity contribution in [3.8, 4) is 11.3 Å². The van der Waals surface area contributed by atoms with Crippen LogP contribution < -0.4 is 5.11 Å². The van der Waals surface area contributed by atoms with E-state index in [9.17, 15) is 23.1 Å². The van der Waals surface area contributed by atoms with Gasteiger partial charge >= 0.3 is 6.18 Å². The molecule has 2 aromatic rings. The third-order valence-corrected chi connectivity index (χ3v) is 3.52. The Morgan fingerprint density at radius 3 is 2.73 bits per heavy atom. The van der Waals surface area contributed by atoms with Gasteiger partial charge in [-0.25, -0.2) is 0 Å². The molecule has 0 unspecified atom stereocenters. The molecule has 0 aromatic carbocycles. The number of halogens is 3. The van der Waals surface area contributed by atoms with E-state index in [1.807, 2.05) is 0 Å². The van der Waals surface area contributed by atoms with Crippen LogP contribution >= 0.6 is 0 Å². The Labute approximate surface area is 123 Å². The quantitative estimate of drug-likeness (QED) is 0.855. The van der Waals surface area contributed by atoms with Crippen molar-refractivity contribution in [2.75, 3.05) is 0 Å². The average molecular weight is 307 g/mol. The number of pyridine rings is 1. The molecule has 0 aliphatic carbocycles. The third kappa shape index (κ3) is 2.18. The maximum atomic E-state index is 13.5. The van der Waals surface area contributed by atoms with Crippen LogP contribution in [0.2, 0.25) is 0 Å². The Morgan fingerprint density at radius 2 is 2.14 bits per heavy atom. The minimum atomic E-state index is -4.81. The van der Waals surface area contributed by atoms with Crippen LogP contribution in [0.15, 0.2) is 30.6 Å². The molecule has 0 fully saturated rings. The second kappa shape index (κ2) is 5.01. The van der Waals surface area contributed by atoms with Crippen molar-refractivity contribution in [1.82, 2.24) is 9.55 Å². The van der Waals surface area contributed by atoms with Crippen LogP contribution in [0.1, 0.15) is 28.0 Å². The molecule has 4 nitrogen and oxygen atoms in total. The van der Waals surface area contributed by atoms with Gasteiger partial charge in [0.1, 0.15) is 0 Å². The summed E-state index contributed by atoms with van der Waals surface area (Å²) in [4.78, 5) is 15.1. The standard InChI is InChI=1S/C15H11F3N2O2/c16-15(17,18)12-11(14(21)22)10-5-1-2-7-20(10)13(12)9-4-3-6-19-8-9/h1,3-6,8H,2,7H2,(H,21,22)/p-1. The van der Waals surface area contributed by atoms with Gasteiger partial charge < -0.3 is 14.5 Å². The Hall–Kier alpha value is -2.57. The van der Waals surface area contributed by atoms with Gasteiger partial charge in [-0.3, -0.25) is 4.98 Å². The number of hydrogen-bond donors (Lipinski definition) is 0. The molecule has 1 aliphatic rings.